The summed E-state index contributed by atoms with van der Waals surface area (Å²) in [4.78, 5) is 16.7. The molecule has 10 heteroatoms. The Labute approximate surface area is 146 Å². The summed E-state index contributed by atoms with van der Waals surface area (Å²) in [7, 11) is 0. The van der Waals surface area contributed by atoms with Gasteiger partial charge in [0.05, 0.1) is 17.7 Å². The number of halogens is 3. The Morgan fingerprint density at radius 3 is 2.62 bits per heavy atom. The Morgan fingerprint density at radius 2 is 2.04 bits per heavy atom. The zero-order valence-electron chi connectivity index (χ0n) is 13.7. The number of primary amides is 1. The van der Waals surface area contributed by atoms with Crippen LogP contribution in [-0.2, 0) is 18.3 Å². The molecule has 1 aliphatic rings. The number of amides is 1. The van der Waals surface area contributed by atoms with Gasteiger partial charge in [-0.25, -0.2) is 0 Å². The van der Waals surface area contributed by atoms with E-state index in [1.54, 1.807) is 0 Å². The maximum Gasteiger partial charge on any atom is 0.416 e. The van der Waals surface area contributed by atoms with Crippen LogP contribution in [0.4, 0.5) is 13.2 Å². The monoisotopic (exact) mass is 370 g/mol. The van der Waals surface area contributed by atoms with Gasteiger partial charge in [-0.1, -0.05) is 17.3 Å². The van der Waals surface area contributed by atoms with E-state index in [1.807, 2.05) is 4.90 Å². The smallest absolute Gasteiger partial charge is 0.385 e. The zero-order valence-corrected chi connectivity index (χ0v) is 13.7. The van der Waals surface area contributed by atoms with Crippen LogP contribution < -0.4 is 5.73 Å². The number of nitrogens with zero attached hydrogens (tertiary/aromatic N) is 3. The van der Waals surface area contributed by atoms with Gasteiger partial charge < -0.3 is 15.4 Å². The predicted octanol–water partition coefficient (Wildman–Crippen LogP) is 1.67. The second-order valence-corrected chi connectivity index (χ2v) is 6.26. The molecule has 3 rings (SSSR count). The normalized spacial score (nSPS) is 18.0. The van der Waals surface area contributed by atoms with Crippen LogP contribution in [0.3, 0.4) is 0 Å². The maximum atomic E-state index is 12.9. The number of aliphatic hydroxyl groups is 1. The van der Waals surface area contributed by atoms with Crippen molar-refractivity contribution < 1.29 is 27.6 Å². The fraction of sp³-hybridized carbons (Fsp3) is 0.438. The van der Waals surface area contributed by atoms with Gasteiger partial charge in [-0.15, -0.1) is 0 Å². The number of likely N-dealkylation sites (tertiary alicyclic amines) is 1. The van der Waals surface area contributed by atoms with Gasteiger partial charge in [0.15, 0.2) is 0 Å². The Balaban J connectivity index is 1.66. The Hall–Kier alpha value is -2.46. The third-order valence-corrected chi connectivity index (χ3v) is 4.46. The minimum Gasteiger partial charge on any atom is -0.385 e. The second kappa shape index (κ2) is 6.69. The van der Waals surface area contributed by atoms with Crippen molar-refractivity contribution in [2.45, 2.75) is 31.2 Å². The van der Waals surface area contributed by atoms with Crippen molar-refractivity contribution in [3.8, 4) is 0 Å². The molecule has 1 saturated heterocycles. The second-order valence-electron chi connectivity index (χ2n) is 6.26. The predicted molar refractivity (Wildman–Crippen MR) is 82.7 cm³/mol. The van der Waals surface area contributed by atoms with Crippen LogP contribution in [-0.4, -0.2) is 39.1 Å². The summed E-state index contributed by atoms with van der Waals surface area (Å²) in [5, 5.41) is 14.2. The molecule has 26 heavy (non-hydrogen) atoms. The first-order valence-corrected chi connectivity index (χ1v) is 7.92. The number of nitrogens with two attached hydrogens (primary N) is 1. The lowest BCUT2D eigenvalue weighted by Gasteiger charge is -2.38. The first kappa shape index (κ1) is 18.3. The number of piperidine rings is 1. The molecule has 0 aliphatic carbocycles. The van der Waals surface area contributed by atoms with E-state index >= 15 is 0 Å². The lowest BCUT2D eigenvalue weighted by molar-refractivity contribution is -0.137. The van der Waals surface area contributed by atoms with Gasteiger partial charge in [-0.3, -0.25) is 9.69 Å². The van der Waals surface area contributed by atoms with Crippen molar-refractivity contribution in [1.29, 1.82) is 0 Å². The number of carbonyl (C=O) groups excluding carboxylic acids is 1. The maximum absolute atomic E-state index is 12.9. The number of rotatable bonds is 4. The van der Waals surface area contributed by atoms with Crippen molar-refractivity contribution in [2.24, 2.45) is 5.73 Å². The Bertz CT molecular complexity index is 798. The van der Waals surface area contributed by atoms with Gasteiger partial charge in [0.1, 0.15) is 0 Å². The van der Waals surface area contributed by atoms with Gasteiger partial charge in [0, 0.05) is 13.1 Å². The molecule has 0 saturated carbocycles. The standard InChI is InChI=1S/C16H17F3N4O3/c17-16(18,19)11-3-1-2-10(8-11)15(25)4-6-23(7-5-15)9-12-21-14(13(20)24)22-26-12/h1-3,8,25H,4-7,9H2,(H2,20,24). The van der Waals surface area contributed by atoms with Crippen LogP contribution in [0.25, 0.3) is 0 Å². The Kier molecular flexibility index (Phi) is 4.72. The van der Waals surface area contributed by atoms with Crippen LogP contribution in [0, 0.1) is 0 Å². The molecular weight excluding hydrogens is 353 g/mol. The van der Waals surface area contributed by atoms with Crippen LogP contribution in [0.2, 0.25) is 0 Å². The lowest BCUT2D eigenvalue weighted by Crippen LogP contribution is -2.42. The number of alkyl halides is 3. The van der Waals surface area contributed by atoms with Crippen LogP contribution >= 0.6 is 0 Å². The minimum absolute atomic E-state index is 0.211. The van der Waals surface area contributed by atoms with Crippen molar-refractivity contribution in [1.82, 2.24) is 15.0 Å². The van der Waals surface area contributed by atoms with Gasteiger partial charge in [-0.05, 0) is 30.5 Å². The van der Waals surface area contributed by atoms with Crippen molar-refractivity contribution in [3.05, 3.63) is 47.1 Å². The molecule has 1 aliphatic heterocycles. The molecule has 2 heterocycles. The average Bonchev–Trinajstić information content (AvgIpc) is 3.05. The molecule has 1 aromatic carbocycles. The van der Waals surface area contributed by atoms with E-state index in [1.165, 1.54) is 12.1 Å². The van der Waals surface area contributed by atoms with Gasteiger partial charge in [-0.2, -0.15) is 18.2 Å². The Morgan fingerprint density at radius 1 is 1.35 bits per heavy atom. The third-order valence-electron chi connectivity index (χ3n) is 4.46. The molecule has 0 bridgehead atoms. The van der Waals surface area contributed by atoms with Gasteiger partial charge in [0.25, 0.3) is 11.7 Å². The van der Waals surface area contributed by atoms with E-state index in [-0.39, 0.29) is 36.7 Å². The van der Waals surface area contributed by atoms with Gasteiger partial charge >= 0.3 is 6.18 Å². The SMILES string of the molecule is NC(=O)c1noc(CN2CCC(O)(c3cccc(C(F)(F)F)c3)CC2)n1. The molecular formula is C16H17F3N4O3. The molecule has 140 valence electrons. The molecule has 0 unspecified atom stereocenters. The third kappa shape index (κ3) is 3.86. The molecule has 1 amide bonds. The topological polar surface area (TPSA) is 105 Å². The van der Waals surface area contributed by atoms with E-state index in [9.17, 15) is 23.1 Å². The molecule has 1 aromatic heterocycles. The van der Waals surface area contributed by atoms with E-state index in [0.717, 1.165) is 12.1 Å². The van der Waals surface area contributed by atoms with Crippen LogP contribution in [0.15, 0.2) is 28.8 Å². The van der Waals surface area contributed by atoms with E-state index in [2.05, 4.69) is 10.1 Å². The minimum atomic E-state index is -4.46. The highest BCUT2D eigenvalue weighted by molar-refractivity contribution is 5.88. The molecule has 0 radical (unpaired) electrons. The summed E-state index contributed by atoms with van der Waals surface area (Å²) < 4.78 is 43.6. The van der Waals surface area contributed by atoms with E-state index in [0.29, 0.717) is 13.1 Å². The van der Waals surface area contributed by atoms with Crippen LogP contribution in [0.1, 0.15) is 40.5 Å². The number of carbonyl (C=O) groups is 1. The molecule has 0 atom stereocenters. The summed E-state index contributed by atoms with van der Waals surface area (Å²) in [6.07, 6.45) is -3.95. The highest BCUT2D eigenvalue weighted by atomic mass is 19.4. The summed E-state index contributed by atoms with van der Waals surface area (Å²) in [6, 6.07) is 4.77. The van der Waals surface area contributed by atoms with Crippen LogP contribution in [0.5, 0.6) is 0 Å². The van der Waals surface area contributed by atoms with Crippen molar-refractivity contribution in [3.63, 3.8) is 0 Å². The molecule has 2 aromatic rings. The van der Waals surface area contributed by atoms with Crippen molar-refractivity contribution in [2.75, 3.05) is 13.1 Å². The largest absolute Gasteiger partial charge is 0.416 e. The molecule has 0 spiro atoms. The molecule has 7 nitrogen and oxygen atoms in total. The van der Waals surface area contributed by atoms with E-state index in [4.69, 9.17) is 10.3 Å². The first-order valence-electron chi connectivity index (χ1n) is 7.92. The average molecular weight is 370 g/mol. The lowest BCUT2D eigenvalue weighted by atomic mass is 9.84. The summed E-state index contributed by atoms with van der Waals surface area (Å²) in [5.74, 6) is -0.793. The first-order chi connectivity index (χ1) is 12.2. The van der Waals surface area contributed by atoms with Crippen molar-refractivity contribution >= 4 is 5.91 Å². The zero-order chi connectivity index (χ0) is 18.9. The number of benzene rings is 1. The quantitative estimate of drug-likeness (QED) is 0.848. The number of hydrogen-bond donors (Lipinski definition) is 2. The molecule has 1 fully saturated rings. The summed E-state index contributed by atoms with van der Waals surface area (Å²) in [5.41, 5.74) is 3.19. The number of hydrogen-bond acceptors (Lipinski definition) is 6. The fourth-order valence-electron chi connectivity index (χ4n) is 2.97. The summed E-state index contributed by atoms with van der Waals surface area (Å²) >= 11 is 0. The van der Waals surface area contributed by atoms with E-state index < -0.39 is 23.2 Å². The van der Waals surface area contributed by atoms with Gasteiger partial charge in [0.2, 0.25) is 5.89 Å². The molecule has 3 N–H and O–H groups in total. The highest BCUT2D eigenvalue weighted by Crippen LogP contribution is 2.36. The number of aromatic nitrogens is 2. The fourth-order valence-corrected chi connectivity index (χ4v) is 2.97. The highest BCUT2D eigenvalue weighted by Gasteiger charge is 2.37. The summed E-state index contributed by atoms with van der Waals surface area (Å²) in [6.45, 7) is 1.10.